The van der Waals surface area contributed by atoms with E-state index < -0.39 is 0 Å². The van der Waals surface area contributed by atoms with Crippen molar-refractivity contribution < 1.29 is 4.39 Å². The van der Waals surface area contributed by atoms with E-state index in [4.69, 9.17) is 0 Å². The first-order valence-corrected chi connectivity index (χ1v) is 7.39. The lowest BCUT2D eigenvalue weighted by Crippen LogP contribution is -2.18. The predicted octanol–water partition coefficient (Wildman–Crippen LogP) is 3.79. The number of thioether (sulfide) groups is 1. The summed E-state index contributed by atoms with van der Waals surface area (Å²) in [7, 11) is 0. The van der Waals surface area contributed by atoms with Crippen molar-refractivity contribution in [1.29, 1.82) is 0 Å². The van der Waals surface area contributed by atoms with Gasteiger partial charge in [0.1, 0.15) is 5.82 Å². The molecule has 19 heavy (non-hydrogen) atoms. The SMILES string of the molecule is CSc1ccc(C(C)NCc2cccnc2)cc1F. The van der Waals surface area contributed by atoms with Crippen molar-refractivity contribution in [2.24, 2.45) is 0 Å². The summed E-state index contributed by atoms with van der Waals surface area (Å²) in [6.45, 7) is 2.75. The van der Waals surface area contributed by atoms with Crippen LogP contribution in [0.3, 0.4) is 0 Å². The maximum atomic E-state index is 13.7. The Labute approximate surface area is 117 Å². The molecule has 1 heterocycles. The second-order valence-corrected chi connectivity index (χ2v) is 5.21. The van der Waals surface area contributed by atoms with Gasteiger partial charge in [-0.3, -0.25) is 4.98 Å². The number of hydrogen-bond donors (Lipinski definition) is 1. The molecule has 0 saturated carbocycles. The summed E-state index contributed by atoms with van der Waals surface area (Å²) in [6.07, 6.45) is 5.46. The molecular weight excluding hydrogens is 259 g/mol. The number of nitrogens with one attached hydrogen (secondary N) is 1. The number of halogens is 1. The van der Waals surface area contributed by atoms with Crippen molar-refractivity contribution in [2.45, 2.75) is 24.4 Å². The van der Waals surface area contributed by atoms with Gasteiger partial charge in [0, 0.05) is 29.9 Å². The number of aromatic nitrogens is 1. The minimum absolute atomic E-state index is 0.102. The van der Waals surface area contributed by atoms with E-state index in [1.165, 1.54) is 11.8 Å². The number of benzene rings is 1. The zero-order valence-corrected chi connectivity index (χ0v) is 11.9. The van der Waals surface area contributed by atoms with Gasteiger partial charge in [0.2, 0.25) is 0 Å². The van der Waals surface area contributed by atoms with E-state index >= 15 is 0 Å². The lowest BCUT2D eigenvalue weighted by atomic mass is 10.1. The molecule has 0 saturated heterocycles. The van der Waals surface area contributed by atoms with E-state index in [1.807, 2.05) is 43.6 Å². The monoisotopic (exact) mass is 276 g/mol. The highest BCUT2D eigenvalue weighted by atomic mass is 32.2. The van der Waals surface area contributed by atoms with Crippen molar-refractivity contribution in [3.63, 3.8) is 0 Å². The molecule has 100 valence electrons. The van der Waals surface area contributed by atoms with Crippen molar-refractivity contribution >= 4 is 11.8 Å². The summed E-state index contributed by atoms with van der Waals surface area (Å²) in [5.74, 6) is -0.153. The van der Waals surface area contributed by atoms with Gasteiger partial charge < -0.3 is 5.32 Å². The lowest BCUT2D eigenvalue weighted by Gasteiger charge is -2.15. The first-order chi connectivity index (χ1) is 9.20. The summed E-state index contributed by atoms with van der Waals surface area (Å²) >= 11 is 1.42. The van der Waals surface area contributed by atoms with Crippen LogP contribution in [0.1, 0.15) is 24.1 Å². The van der Waals surface area contributed by atoms with Crippen molar-refractivity contribution in [1.82, 2.24) is 10.3 Å². The van der Waals surface area contributed by atoms with Crippen molar-refractivity contribution in [3.05, 3.63) is 59.7 Å². The molecule has 2 rings (SSSR count). The number of hydrogen-bond acceptors (Lipinski definition) is 3. The molecule has 0 fully saturated rings. The average molecular weight is 276 g/mol. The topological polar surface area (TPSA) is 24.9 Å². The Morgan fingerprint density at radius 3 is 2.84 bits per heavy atom. The molecule has 1 aromatic heterocycles. The average Bonchev–Trinajstić information content (AvgIpc) is 2.45. The third-order valence-corrected chi connectivity index (χ3v) is 3.78. The first-order valence-electron chi connectivity index (χ1n) is 6.16. The molecule has 0 aliphatic carbocycles. The zero-order chi connectivity index (χ0) is 13.7. The van der Waals surface area contributed by atoms with Gasteiger partial charge in [-0.15, -0.1) is 11.8 Å². The highest BCUT2D eigenvalue weighted by Crippen LogP contribution is 2.23. The lowest BCUT2D eigenvalue weighted by molar-refractivity contribution is 0.558. The zero-order valence-electron chi connectivity index (χ0n) is 11.1. The molecule has 2 aromatic rings. The molecule has 0 radical (unpaired) electrons. The number of nitrogens with zero attached hydrogens (tertiary/aromatic N) is 1. The molecule has 4 heteroatoms. The van der Waals surface area contributed by atoms with E-state index in [0.717, 1.165) is 17.7 Å². The standard InChI is InChI=1S/C15H17FN2S/c1-11(18-10-12-4-3-7-17-9-12)13-5-6-15(19-2)14(16)8-13/h3-9,11,18H,10H2,1-2H3. The van der Waals surface area contributed by atoms with E-state index in [9.17, 15) is 4.39 Å². The van der Waals surface area contributed by atoms with Crippen LogP contribution in [0.2, 0.25) is 0 Å². The Morgan fingerprint density at radius 2 is 2.21 bits per heavy atom. The first kappa shape index (κ1) is 14.0. The van der Waals surface area contributed by atoms with Crippen molar-refractivity contribution in [2.75, 3.05) is 6.26 Å². The largest absolute Gasteiger partial charge is 0.306 e. The Balaban J connectivity index is 2.00. The van der Waals surface area contributed by atoms with Crippen LogP contribution < -0.4 is 5.32 Å². The minimum atomic E-state index is -0.153. The van der Waals surface area contributed by atoms with E-state index in [1.54, 1.807) is 12.3 Å². The molecule has 1 atom stereocenters. The Kier molecular flexibility index (Phi) is 4.93. The van der Waals surface area contributed by atoms with Gasteiger partial charge in [0.15, 0.2) is 0 Å². The van der Waals surface area contributed by atoms with Gasteiger partial charge in [0.25, 0.3) is 0 Å². The van der Waals surface area contributed by atoms with Crippen LogP contribution in [0.15, 0.2) is 47.6 Å². The van der Waals surface area contributed by atoms with Crippen molar-refractivity contribution in [3.8, 4) is 0 Å². The maximum absolute atomic E-state index is 13.7. The Bertz CT molecular complexity index is 531. The van der Waals surface area contributed by atoms with Gasteiger partial charge in [-0.2, -0.15) is 0 Å². The second kappa shape index (κ2) is 6.68. The van der Waals surface area contributed by atoms with Crippen LogP contribution >= 0.6 is 11.8 Å². The summed E-state index contributed by atoms with van der Waals surface area (Å²) in [5.41, 5.74) is 2.08. The minimum Gasteiger partial charge on any atom is -0.306 e. The fraction of sp³-hybridized carbons (Fsp3) is 0.267. The third-order valence-electron chi connectivity index (χ3n) is 3.01. The van der Waals surface area contributed by atoms with Gasteiger partial charge in [-0.25, -0.2) is 4.39 Å². The normalized spacial score (nSPS) is 12.4. The Hall–Kier alpha value is -1.39. The van der Waals surface area contributed by atoms with Crippen LogP contribution in [-0.4, -0.2) is 11.2 Å². The Morgan fingerprint density at radius 1 is 1.37 bits per heavy atom. The summed E-state index contributed by atoms with van der Waals surface area (Å²) in [6, 6.07) is 9.43. The van der Waals surface area contributed by atoms with Crippen LogP contribution in [-0.2, 0) is 6.54 Å². The highest BCUT2D eigenvalue weighted by Gasteiger charge is 2.08. The molecule has 0 aliphatic heterocycles. The molecule has 0 spiro atoms. The highest BCUT2D eigenvalue weighted by molar-refractivity contribution is 7.98. The third kappa shape index (κ3) is 3.78. The van der Waals surface area contributed by atoms with Crippen LogP contribution in [0.4, 0.5) is 4.39 Å². The van der Waals surface area contributed by atoms with Crippen LogP contribution in [0.25, 0.3) is 0 Å². The molecule has 2 nitrogen and oxygen atoms in total. The number of pyridine rings is 1. The molecule has 0 aliphatic rings. The second-order valence-electron chi connectivity index (χ2n) is 4.36. The molecule has 1 aromatic carbocycles. The smallest absolute Gasteiger partial charge is 0.137 e. The van der Waals surface area contributed by atoms with E-state index in [0.29, 0.717) is 4.90 Å². The molecule has 0 amide bonds. The maximum Gasteiger partial charge on any atom is 0.137 e. The van der Waals surface area contributed by atoms with E-state index in [-0.39, 0.29) is 11.9 Å². The quantitative estimate of drug-likeness (QED) is 0.841. The fourth-order valence-corrected chi connectivity index (χ4v) is 2.30. The van der Waals surface area contributed by atoms with Crippen LogP contribution in [0.5, 0.6) is 0 Å². The van der Waals surface area contributed by atoms with Gasteiger partial charge in [-0.05, 0) is 42.5 Å². The molecular formula is C15H17FN2S. The van der Waals surface area contributed by atoms with Gasteiger partial charge in [0.05, 0.1) is 0 Å². The number of rotatable bonds is 5. The summed E-state index contributed by atoms with van der Waals surface area (Å²) in [4.78, 5) is 4.75. The molecule has 1 unspecified atom stereocenters. The predicted molar refractivity (Wildman–Crippen MR) is 77.7 cm³/mol. The summed E-state index contributed by atoms with van der Waals surface area (Å²) < 4.78 is 13.7. The van der Waals surface area contributed by atoms with Gasteiger partial charge in [-0.1, -0.05) is 12.1 Å². The van der Waals surface area contributed by atoms with Crippen LogP contribution in [0, 0.1) is 5.82 Å². The fourth-order valence-electron chi connectivity index (χ4n) is 1.84. The van der Waals surface area contributed by atoms with Gasteiger partial charge >= 0.3 is 0 Å². The molecule has 1 N–H and O–H groups in total. The van der Waals surface area contributed by atoms with E-state index in [2.05, 4.69) is 10.3 Å². The molecule has 0 bridgehead atoms. The summed E-state index contributed by atoms with van der Waals surface area (Å²) in [5, 5.41) is 3.37.